The molecule has 0 aliphatic rings. The third kappa shape index (κ3) is 2.00. The molecule has 0 saturated heterocycles. The number of carboxylic acid groups (broad SMARTS) is 1. The molecule has 6 heteroatoms. The second-order valence-electron chi connectivity index (χ2n) is 3.05. The third-order valence-corrected chi connectivity index (χ3v) is 1.97. The number of nitrogens with one attached hydrogen (secondary N) is 1. The lowest BCUT2D eigenvalue weighted by atomic mass is 10.3. The average Bonchev–Trinajstić information content (AvgIpc) is 2.27. The van der Waals surface area contributed by atoms with Crippen molar-refractivity contribution in [3.05, 3.63) is 24.4 Å². The summed E-state index contributed by atoms with van der Waals surface area (Å²) in [5.41, 5.74) is 1.63. The van der Waals surface area contributed by atoms with E-state index in [1.807, 2.05) is 0 Å². The van der Waals surface area contributed by atoms with Gasteiger partial charge in [-0.3, -0.25) is 10.3 Å². The molecule has 0 saturated carbocycles. The summed E-state index contributed by atoms with van der Waals surface area (Å²) in [4.78, 5) is 18.7. The van der Waals surface area contributed by atoms with Crippen molar-refractivity contribution in [2.24, 2.45) is 0 Å². The summed E-state index contributed by atoms with van der Waals surface area (Å²) in [6.07, 6.45) is 0.300. The molecule has 2 heterocycles. The zero-order chi connectivity index (χ0) is 11.5. The molecule has 0 aliphatic carbocycles. The molecule has 0 aliphatic heterocycles. The summed E-state index contributed by atoms with van der Waals surface area (Å²) in [5.74, 6) is 0.460. The Bertz CT molecular complexity index is 542. The number of aromatic nitrogens is 2. The van der Waals surface area contributed by atoms with Gasteiger partial charge in [0, 0.05) is 6.07 Å². The van der Waals surface area contributed by atoms with Crippen molar-refractivity contribution in [3.8, 4) is 5.88 Å². The normalized spacial score (nSPS) is 10.1. The zero-order valence-corrected chi connectivity index (χ0v) is 8.47. The fourth-order valence-corrected chi connectivity index (χ4v) is 1.29. The van der Waals surface area contributed by atoms with Crippen LogP contribution in [-0.4, -0.2) is 28.3 Å². The van der Waals surface area contributed by atoms with Crippen molar-refractivity contribution >= 4 is 22.8 Å². The van der Waals surface area contributed by atoms with Gasteiger partial charge in [0.05, 0.1) is 30.0 Å². The van der Waals surface area contributed by atoms with Crippen LogP contribution in [0.25, 0.3) is 11.0 Å². The van der Waals surface area contributed by atoms with Crippen LogP contribution in [0.4, 0.5) is 10.5 Å². The van der Waals surface area contributed by atoms with Crippen molar-refractivity contribution in [1.29, 1.82) is 0 Å². The predicted octanol–water partition coefficient (Wildman–Crippen LogP) is 1.73. The SMILES string of the molecule is COc1ccc2ncc(NC(=O)O)cc2n1. The fourth-order valence-electron chi connectivity index (χ4n) is 1.29. The molecule has 16 heavy (non-hydrogen) atoms. The van der Waals surface area contributed by atoms with Crippen molar-refractivity contribution in [1.82, 2.24) is 9.97 Å². The molecule has 0 fully saturated rings. The number of hydrogen-bond donors (Lipinski definition) is 2. The second-order valence-corrected chi connectivity index (χ2v) is 3.05. The molecule has 6 nitrogen and oxygen atoms in total. The van der Waals surface area contributed by atoms with Gasteiger partial charge in [0.2, 0.25) is 5.88 Å². The number of rotatable bonds is 2. The lowest BCUT2D eigenvalue weighted by molar-refractivity contribution is 0.209. The van der Waals surface area contributed by atoms with Gasteiger partial charge in [-0.15, -0.1) is 0 Å². The highest BCUT2D eigenvalue weighted by molar-refractivity contribution is 5.86. The molecule has 0 bridgehead atoms. The molecule has 0 spiro atoms. The number of ether oxygens (including phenoxy) is 1. The molecule has 0 radical (unpaired) electrons. The Hall–Kier alpha value is -2.37. The zero-order valence-electron chi connectivity index (χ0n) is 8.47. The van der Waals surface area contributed by atoms with E-state index in [1.165, 1.54) is 13.3 Å². The van der Waals surface area contributed by atoms with Gasteiger partial charge in [-0.1, -0.05) is 0 Å². The van der Waals surface area contributed by atoms with E-state index < -0.39 is 6.09 Å². The number of anilines is 1. The van der Waals surface area contributed by atoms with Gasteiger partial charge in [-0.2, -0.15) is 0 Å². The van der Waals surface area contributed by atoms with Gasteiger partial charge in [0.15, 0.2) is 0 Å². The van der Waals surface area contributed by atoms with Crippen LogP contribution >= 0.6 is 0 Å². The average molecular weight is 219 g/mol. The lowest BCUT2D eigenvalue weighted by Crippen LogP contribution is -2.07. The van der Waals surface area contributed by atoms with Crippen LogP contribution in [0.5, 0.6) is 5.88 Å². The highest BCUT2D eigenvalue weighted by Gasteiger charge is 2.03. The largest absolute Gasteiger partial charge is 0.481 e. The summed E-state index contributed by atoms with van der Waals surface area (Å²) < 4.78 is 4.97. The van der Waals surface area contributed by atoms with Gasteiger partial charge >= 0.3 is 6.09 Å². The Labute approximate surface area is 90.9 Å². The lowest BCUT2D eigenvalue weighted by Gasteiger charge is -2.03. The summed E-state index contributed by atoms with van der Waals surface area (Å²) in [6, 6.07) is 5.05. The topological polar surface area (TPSA) is 84.3 Å². The maximum atomic E-state index is 10.4. The minimum absolute atomic E-state index is 0.376. The Morgan fingerprint density at radius 3 is 2.94 bits per heavy atom. The molecule has 0 aromatic carbocycles. The van der Waals surface area contributed by atoms with Gasteiger partial charge in [0.1, 0.15) is 0 Å². The molecule has 2 rings (SSSR count). The standard InChI is InChI=1S/C10H9N3O3/c1-16-9-3-2-7-8(13-9)4-6(5-11-7)12-10(14)15/h2-5,12H,1H3,(H,14,15). The molecule has 82 valence electrons. The Morgan fingerprint density at radius 1 is 1.44 bits per heavy atom. The smallest absolute Gasteiger partial charge is 0.409 e. The van der Waals surface area contributed by atoms with Crippen LogP contribution < -0.4 is 10.1 Å². The summed E-state index contributed by atoms with van der Waals surface area (Å²) in [5, 5.41) is 10.8. The second kappa shape index (κ2) is 4.01. The number of hydrogen-bond acceptors (Lipinski definition) is 4. The van der Waals surface area contributed by atoms with Crippen molar-refractivity contribution in [2.45, 2.75) is 0 Å². The molecule has 2 aromatic heterocycles. The molecule has 0 unspecified atom stereocenters. The maximum Gasteiger partial charge on any atom is 0.409 e. The van der Waals surface area contributed by atoms with Gasteiger partial charge in [0.25, 0.3) is 0 Å². The summed E-state index contributed by atoms with van der Waals surface area (Å²) >= 11 is 0. The Morgan fingerprint density at radius 2 is 2.25 bits per heavy atom. The van der Waals surface area contributed by atoms with E-state index in [4.69, 9.17) is 9.84 Å². The maximum absolute atomic E-state index is 10.4. The molecule has 0 atom stereocenters. The first kappa shape index (κ1) is 10.2. The van der Waals surface area contributed by atoms with Gasteiger partial charge in [-0.25, -0.2) is 9.78 Å². The van der Waals surface area contributed by atoms with E-state index in [1.54, 1.807) is 18.2 Å². The molecule has 2 aromatic rings. The predicted molar refractivity (Wildman–Crippen MR) is 57.7 cm³/mol. The first-order valence-corrected chi connectivity index (χ1v) is 4.50. The highest BCUT2D eigenvalue weighted by atomic mass is 16.5. The van der Waals surface area contributed by atoms with Crippen molar-refractivity contribution < 1.29 is 14.6 Å². The molecular formula is C10H9N3O3. The first-order valence-electron chi connectivity index (χ1n) is 4.50. The third-order valence-electron chi connectivity index (χ3n) is 1.97. The monoisotopic (exact) mass is 219 g/mol. The Balaban J connectivity index is 2.46. The van der Waals surface area contributed by atoms with Crippen LogP contribution in [0.1, 0.15) is 0 Å². The number of fused-ring (bicyclic) bond motifs is 1. The number of nitrogens with zero attached hydrogens (tertiary/aromatic N) is 2. The Kier molecular flexibility index (Phi) is 2.55. The van der Waals surface area contributed by atoms with E-state index in [2.05, 4.69) is 15.3 Å². The molecule has 1 amide bonds. The van der Waals surface area contributed by atoms with E-state index >= 15 is 0 Å². The van der Waals surface area contributed by atoms with E-state index in [-0.39, 0.29) is 0 Å². The summed E-state index contributed by atoms with van der Waals surface area (Å²) in [6.45, 7) is 0. The van der Waals surface area contributed by atoms with E-state index in [9.17, 15) is 4.79 Å². The molecular weight excluding hydrogens is 210 g/mol. The number of amides is 1. The van der Waals surface area contributed by atoms with Crippen LogP contribution in [0.3, 0.4) is 0 Å². The van der Waals surface area contributed by atoms with E-state index in [0.29, 0.717) is 22.6 Å². The number of pyridine rings is 2. The van der Waals surface area contributed by atoms with Gasteiger partial charge in [-0.05, 0) is 12.1 Å². The minimum atomic E-state index is -1.14. The summed E-state index contributed by atoms with van der Waals surface area (Å²) in [7, 11) is 1.51. The molecule has 2 N–H and O–H groups in total. The quantitative estimate of drug-likeness (QED) is 0.803. The number of carbonyl (C=O) groups is 1. The van der Waals surface area contributed by atoms with Crippen molar-refractivity contribution in [3.63, 3.8) is 0 Å². The number of methoxy groups -OCH3 is 1. The van der Waals surface area contributed by atoms with Gasteiger partial charge < -0.3 is 9.84 Å². The highest BCUT2D eigenvalue weighted by Crippen LogP contribution is 2.17. The van der Waals surface area contributed by atoms with Crippen LogP contribution in [-0.2, 0) is 0 Å². The van der Waals surface area contributed by atoms with Crippen LogP contribution in [0, 0.1) is 0 Å². The van der Waals surface area contributed by atoms with Crippen molar-refractivity contribution in [2.75, 3.05) is 12.4 Å². The fraction of sp³-hybridized carbons (Fsp3) is 0.100. The van der Waals surface area contributed by atoms with E-state index in [0.717, 1.165) is 0 Å². The first-order chi connectivity index (χ1) is 7.69. The van der Waals surface area contributed by atoms with Crippen LogP contribution in [0.15, 0.2) is 24.4 Å². The minimum Gasteiger partial charge on any atom is -0.481 e. The van der Waals surface area contributed by atoms with Crippen LogP contribution in [0.2, 0.25) is 0 Å².